The number of rotatable bonds is 4. The molecule has 0 aliphatic carbocycles. The Morgan fingerprint density at radius 1 is 0.818 bits per heavy atom. The lowest BCUT2D eigenvalue weighted by molar-refractivity contribution is 0.768. The van der Waals surface area contributed by atoms with Crippen LogP contribution in [0.1, 0.15) is 22.7 Å². The van der Waals surface area contributed by atoms with Crippen molar-refractivity contribution in [3.8, 4) is 0 Å². The van der Waals surface area contributed by atoms with E-state index in [4.69, 9.17) is 23.2 Å². The zero-order valence-electron chi connectivity index (χ0n) is 11.8. The summed E-state index contributed by atoms with van der Waals surface area (Å²) in [5.41, 5.74) is 3.25. The third-order valence-corrected chi connectivity index (χ3v) is 3.89. The first-order valence-electron chi connectivity index (χ1n) is 7.01. The maximum Gasteiger partial charge on any atom is 0.224 e. The highest BCUT2D eigenvalue weighted by Crippen LogP contribution is 2.29. The molecule has 0 unspecified atom stereocenters. The summed E-state index contributed by atoms with van der Waals surface area (Å²) in [5.74, 6) is 0.0848. The van der Waals surface area contributed by atoms with E-state index in [1.54, 1.807) is 6.07 Å². The van der Waals surface area contributed by atoms with E-state index in [9.17, 15) is 0 Å². The van der Waals surface area contributed by atoms with Gasteiger partial charge in [-0.05, 0) is 35.2 Å². The van der Waals surface area contributed by atoms with Gasteiger partial charge in [0.05, 0.1) is 5.69 Å². The van der Waals surface area contributed by atoms with Gasteiger partial charge in [-0.3, -0.25) is 0 Å². The molecule has 1 aromatic heterocycles. The van der Waals surface area contributed by atoms with E-state index in [1.165, 1.54) is 11.1 Å². The Bertz CT molecular complexity index is 725. The second kappa shape index (κ2) is 6.91. The van der Waals surface area contributed by atoms with E-state index >= 15 is 0 Å². The van der Waals surface area contributed by atoms with Crippen LogP contribution < -0.4 is 0 Å². The zero-order chi connectivity index (χ0) is 15.4. The first-order valence-corrected chi connectivity index (χ1v) is 7.77. The Balaban J connectivity index is 2.03. The Morgan fingerprint density at radius 3 is 2.09 bits per heavy atom. The molecule has 0 N–H and O–H groups in total. The molecule has 3 rings (SSSR count). The summed E-state index contributed by atoms with van der Waals surface area (Å²) in [6.45, 7) is 0. The van der Waals surface area contributed by atoms with Crippen LogP contribution in [0.5, 0.6) is 0 Å². The van der Waals surface area contributed by atoms with Gasteiger partial charge in [-0.2, -0.15) is 0 Å². The third kappa shape index (κ3) is 3.65. The van der Waals surface area contributed by atoms with Gasteiger partial charge in [-0.15, -0.1) is 0 Å². The Hall–Kier alpha value is -1.90. The van der Waals surface area contributed by atoms with E-state index in [0.29, 0.717) is 5.15 Å². The highest BCUT2D eigenvalue weighted by Gasteiger charge is 2.18. The molecule has 0 spiro atoms. The van der Waals surface area contributed by atoms with Crippen LogP contribution in [0.15, 0.2) is 66.7 Å². The molecular weight excluding hydrogens is 315 g/mol. The number of benzene rings is 2. The van der Waals surface area contributed by atoms with Crippen molar-refractivity contribution in [1.29, 1.82) is 0 Å². The van der Waals surface area contributed by atoms with Crippen molar-refractivity contribution in [1.82, 2.24) is 9.97 Å². The van der Waals surface area contributed by atoms with E-state index in [1.807, 2.05) is 36.4 Å². The molecule has 22 heavy (non-hydrogen) atoms. The molecule has 1 atom stereocenters. The van der Waals surface area contributed by atoms with E-state index in [-0.39, 0.29) is 11.2 Å². The van der Waals surface area contributed by atoms with Crippen LogP contribution >= 0.6 is 23.2 Å². The molecule has 0 saturated heterocycles. The van der Waals surface area contributed by atoms with Crippen molar-refractivity contribution < 1.29 is 0 Å². The Labute approximate surface area is 139 Å². The number of nitrogens with zero attached hydrogens (tertiary/aromatic N) is 2. The second-order valence-electron chi connectivity index (χ2n) is 5.04. The predicted molar refractivity (Wildman–Crippen MR) is 90.5 cm³/mol. The smallest absolute Gasteiger partial charge is 0.222 e. The maximum absolute atomic E-state index is 6.05. The van der Waals surface area contributed by atoms with Gasteiger partial charge in [0.15, 0.2) is 0 Å². The highest BCUT2D eigenvalue weighted by atomic mass is 35.5. The van der Waals surface area contributed by atoms with Gasteiger partial charge in [0.1, 0.15) is 5.15 Å². The molecule has 0 amide bonds. The van der Waals surface area contributed by atoms with Gasteiger partial charge in [-0.25, -0.2) is 9.97 Å². The zero-order valence-corrected chi connectivity index (χ0v) is 13.3. The molecule has 3 aromatic rings. The topological polar surface area (TPSA) is 25.8 Å². The minimum atomic E-state index is 0.0848. The number of halogens is 2. The van der Waals surface area contributed by atoms with Gasteiger partial charge in [0.25, 0.3) is 0 Å². The lowest BCUT2D eigenvalue weighted by atomic mass is 9.89. The van der Waals surface area contributed by atoms with Crippen molar-refractivity contribution in [2.45, 2.75) is 12.3 Å². The van der Waals surface area contributed by atoms with Gasteiger partial charge < -0.3 is 0 Å². The van der Waals surface area contributed by atoms with Gasteiger partial charge in [0.2, 0.25) is 5.28 Å². The summed E-state index contributed by atoms with van der Waals surface area (Å²) in [4.78, 5) is 8.31. The lowest BCUT2D eigenvalue weighted by Crippen LogP contribution is -2.08. The molecule has 4 heteroatoms. The number of hydrogen-bond acceptors (Lipinski definition) is 2. The second-order valence-corrected chi connectivity index (χ2v) is 5.76. The molecule has 2 aromatic carbocycles. The summed E-state index contributed by atoms with van der Waals surface area (Å²) >= 11 is 12.0. The molecule has 0 radical (unpaired) electrons. The molecular formula is C18H14Cl2N2. The molecule has 2 nitrogen and oxygen atoms in total. The lowest BCUT2D eigenvalue weighted by Gasteiger charge is -2.17. The average molecular weight is 329 g/mol. The SMILES string of the molecule is Clc1cc([C@@H](Cc2ccccc2)c2ccccc2)nc(Cl)n1. The van der Waals surface area contributed by atoms with Gasteiger partial charge in [0, 0.05) is 5.92 Å². The van der Waals surface area contributed by atoms with Crippen LogP contribution in [0.4, 0.5) is 0 Å². The van der Waals surface area contributed by atoms with Crippen molar-refractivity contribution in [3.63, 3.8) is 0 Å². The quantitative estimate of drug-likeness (QED) is 0.488. The van der Waals surface area contributed by atoms with Gasteiger partial charge in [-0.1, -0.05) is 72.3 Å². The fraction of sp³-hybridized carbons (Fsp3) is 0.111. The normalized spacial score (nSPS) is 12.1. The number of aromatic nitrogens is 2. The van der Waals surface area contributed by atoms with E-state index in [0.717, 1.165) is 12.1 Å². The molecule has 110 valence electrons. The standard InChI is InChI=1S/C18H14Cl2N2/c19-17-12-16(21-18(20)22-17)15(14-9-5-2-6-10-14)11-13-7-3-1-4-8-13/h1-10,12,15H,11H2/t15-/m0/s1. The largest absolute Gasteiger partial charge is 0.224 e. The molecule has 0 aliphatic heterocycles. The summed E-state index contributed by atoms with van der Waals surface area (Å²) in [5, 5.41) is 0.542. The van der Waals surface area contributed by atoms with Crippen molar-refractivity contribution in [2.75, 3.05) is 0 Å². The fourth-order valence-corrected chi connectivity index (χ4v) is 2.94. The summed E-state index contributed by atoms with van der Waals surface area (Å²) in [6, 6.07) is 22.3. The molecule has 0 bridgehead atoms. The van der Waals surface area contributed by atoms with Gasteiger partial charge >= 0.3 is 0 Å². The van der Waals surface area contributed by atoms with Crippen molar-refractivity contribution in [2.24, 2.45) is 0 Å². The van der Waals surface area contributed by atoms with Crippen LogP contribution in [0.25, 0.3) is 0 Å². The Morgan fingerprint density at radius 2 is 1.45 bits per heavy atom. The van der Waals surface area contributed by atoms with Crippen LogP contribution in [-0.2, 0) is 6.42 Å². The van der Waals surface area contributed by atoms with E-state index in [2.05, 4.69) is 34.2 Å². The van der Waals surface area contributed by atoms with Crippen molar-refractivity contribution >= 4 is 23.2 Å². The van der Waals surface area contributed by atoms with E-state index < -0.39 is 0 Å². The minimum Gasteiger partial charge on any atom is -0.222 e. The summed E-state index contributed by atoms with van der Waals surface area (Å²) in [7, 11) is 0. The maximum atomic E-state index is 6.05. The minimum absolute atomic E-state index is 0.0848. The molecule has 0 fully saturated rings. The van der Waals surface area contributed by atoms with Crippen LogP contribution in [0.3, 0.4) is 0 Å². The number of hydrogen-bond donors (Lipinski definition) is 0. The molecule has 0 saturated carbocycles. The summed E-state index contributed by atoms with van der Waals surface area (Å²) < 4.78 is 0. The monoisotopic (exact) mass is 328 g/mol. The van der Waals surface area contributed by atoms with Crippen LogP contribution in [-0.4, -0.2) is 9.97 Å². The highest BCUT2D eigenvalue weighted by molar-refractivity contribution is 6.31. The Kier molecular flexibility index (Phi) is 4.71. The first kappa shape index (κ1) is 15.0. The molecule has 1 heterocycles. The summed E-state index contributed by atoms with van der Waals surface area (Å²) in [6.07, 6.45) is 0.828. The van der Waals surface area contributed by atoms with Crippen LogP contribution in [0, 0.1) is 0 Å². The average Bonchev–Trinajstić information content (AvgIpc) is 2.53. The first-order chi connectivity index (χ1) is 10.7. The van der Waals surface area contributed by atoms with Crippen molar-refractivity contribution in [3.05, 3.63) is 94.0 Å². The fourth-order valence-electron chi connectivity index (χ4n) is 2.51. The van der Waals surface area contributed by atoms with Crippen LogP contribution in [0.2, 0.25) is 10.4 Å². The predicted octanol–water partition coefficient (Wildman–Crippen LogP) is 5.16. The molecule has 0 aliphatic rings. The third-order valence-electron chi connectivity index (χ3n) is 3.53.